The van der Waals surface area contributed by atoms with Gasteiger partial charge in [0, 0.05) is 81.1 Å². The average molecular weight is 582 g/mol. The second-order valence-corrected chi connectivity index (χ2v) is 11.5. The van der Waals surface area contributed by atoms with Gasteiger partial charge in [-0.2, -0.15) is 0 Å². The Kier molecular flexibility index (Phi) is 6.54. The van der Waals surface area contributed by atoms with E-state index in [2.05, 4.69) is 56.4 Å². The molecule has 3 fully saturated rings. The van der Waals surface area contributed by atoms with Gasteiger partial charge in [0.05, 0.1) is 30.6 Å². The minimum absolute atomic E-state index is 0.327. The predicted molar refractivity (Wildman–Crippen MR) is 166 cm³/mol. The number of aromatic nitrogens is 5. The number of piperazine rings is 1. The third kappa shape index (κ3) is 4.50. The van der Waals surface area contributed by atoms with Crippen molar-refractivity contribution in [1.29, 1.82) is 0 Å². The Labute approximate surface area is 248 Å². The standard InChI is InChI=1S/C31H32ClN9O/c32-28-29(40-19-23(20-40)25-7-5-21-3-1-2-4-24(21)36-25)37-31-30(39-13-15-42-16-14-39)35-18-26(41(28)31)22-6-8-27(34-17-22)38-11-9-33-10-12-38/h1-8,17-18,23,33H,9-16,19-20H2. The van der Waals surface area contributed by atoms with Crippen LogP contribution in [0.2, 0.25) is 5.15 Å². The zero-order valence-corrected chi connectivity index (χ0v) is 24.0. The van der Waals surface area contributed by atoms with Gasteiger partial charge in [-0.25, -0.2) is 15.0 Å². The molecule has 0 bridgehead atoms. The first kappa shape index (κ1) is 25.7. The number of nitrogens with one attached hydrogen (secondary N) is 1. The van der Waals surface area contributed by atoms with Crippen LogP contribution in [0.3, 0.4) is 0 Å². The van der Waals surface area contributed by atoms with Crippen LogP contribution >= 0.6 is 11.6 Å². The maximum absolute atomic E-state index is 7.19. The third-order valence-electron chi connectivity index (χ3n) is 8.57. The number of imidazole rings is 1. The molecule has 10 nitrogen and oxygen atoms in total. The molecule has 11 heteroatoms. The van der Waals surface area contributed by atoms with E-state index >= 15 is 0 Å². The summed E-state index contributed by atoms with van der Waals surface area (Å²) in [4.78, 5) is 26.6. The number of nitrogens with zero attached hydrogens (tertiary/aromatic N) is 8. The molecule has 214 valence electrons. The lowest BCUT2D eigenvalue weighted by atomic mass is 9.95. The number of pyridine rings is 2. The van der Waals surface area contributed by atoms with Crippen molar-refractivity contribution in [2.45, 2.75) is 5.92 Å². The Morgan fingerprint density at radius 2 is 1.62 bits per heavy atom. The molecule has 8 rings (SSSR count). The van der Waals surface area contributed by atoms with Crippen molar-refractivity contribution in [3.63, 3.8) is 0 Å². The summed E-state index contributed by atoms with van der Waals surface area (Å²) in [5, 5.41) is 5.15. The first-order valence-corrected chi connectivity index (χ1v) is 15.0. The van der Waals surface area contributed by atoms with Crippen LogP contribution in [0.1, 0.15) is 11.6 Å². The van der Waals surface area contributed by atoms with E-state index in [9.17, 15) is 0 Å². The summed E-state index contributed by atoms with van der Waals surface area (Å²) in [7, 11) is 0. The van der Waals surface area contributed by atoms with E-state index in [0.717, 1.165) is 103 Å². The second kappa shape index (κ2) is 10.7. The van der Waals surface area contributed by atoms with E-state index in [1.807, 2.05) is 28.9 Å². The molecule has 7 heterocycles. The van der Waals surface area contributed by atoms with Crippen LogP contribution in [0.15, 0.2) is 60.9 Å². The highest BCUT2D eigenvalue weighted by atomic mass is 35.5. The Morgan fingerprint density at radius 1 is 0.786 bits per heavy atom. The molecule has 0 aliphatic carbocycles. The molecule has 5 aromatic rings. The molecule has 3 aliphatic heterocycles. The molecular formula is C31H32ClN9O. The molecular weight excluding hydrogens is 550 g/mol. The molecule has 3 saturated heterocycles. The quantitative estimate of drug-likeness (QED) is 0.333. The molecule has 1 N–H and O–H groups in total. The van der Waals surface area contributed by atoms with Crippen molar-refractivity contribution in [3.8, 4) is 11.3 Å². The van der Waals surface area contributed by atoms with E-state index in [1.165, 1.54) is 0 Å². The number of para-hydroxylation sites is 1. The Balaban J connectivity index is 1.14. The van der Waals surface area contributed by atoms with Crippen molar-refractivity contribution in [2.75, 3.05) is 80.3 Å². The maximum Gasteiger partial charge on any atom is 0.184 e. The fourth-order valence-electron chi connectivity index (χ4n) is 6.17. The molecule has 0 unspecified atom stereocenters. The molecule has 0 saturated carbocycles. The van der Waals surface area contributed by atoms with Gasteiger partial charge in [-0.05, 0) is 24.3 Å². The number of fused-ring (bicyclic) bond motifs is 2. The number of ether oxygens (including phenoxy) is 1. The summed E-state index contributed by atoms with van der Waals surface area (Å²) in [6.45, 7) is 8.34. The minimum atomic E-state index is 0.327. The molecule has 0 atom stereocenters. The van der Waals surface area contributed by atoms with Crippen molar-refractivity contribution in [2.24, 2.45) is 0 Å². The third-order valence-corrected chi connectivity index (χ3v) is 8.91. The number of hydrogen-bond acceptors (Lipinski definition) is 9. The molecule has 0 radical (unpaired) electrons. The highest BCUT2D eigenvalue weighted by molar-refractivity contribution is 6.32. The highest BCUT2D eigenvalue weighted by Crippen LogP contribution is 2.39. The minimum Gasteiger partial charge on any atom is -0.378 e. The van der Waals surface area contributed by atoms with Crippen LogP contribution in [0.4, 0.5) is 17.5 Å². The predicted octanol–water partition coefficient (Wildman–Crippen LogP) is 3.84. The Morgan fingerprint density at radius 3 is 2.43 bits per heavy atom. The van der Waals surface area contributed by atoms with Crippen LogP contribution in [0, 0.1) is 0 Å². The lowest BCUT2D eigenvalue weighted by molar-refractivity contribution is 0.122. The second-order valence-electron chi connectivity index (χ2n) is 11.1. The highest BCUT2D eigenvalue weighted by Gasteiger charge is 2.34. The lowest BCUT2D eigenvalue weighted by Crippen LogP contribution is -2.45. The monoisotopic (exact) mass is 581 g/mol. The topological polar surface area (TPSA) is 87.0 Å². The smallest absolute Gasteiger partial charge is 0.184 e. The number of hydrogen-bond donors (Lipinski definition) is 1. The molecule has 3 aliphatic rings. The van der Waals surface area contributed by atoms with Gasteiger partial charge in [0.25, 0.3) is 0 Å². The van der Waals surface area contributed by atoms with Gasteiger partial charge in [0.2, 0.25) is 0 Å². The van der Waals surface area contributed by atoms with Crippen molar-refractivity contribution < 1.29 is 4.74 Å². The normalized spacial score (nSPS) is 18.2. The molecule has 0 spiro atoms. The van der Waals surface area contributed by atoms with Crippen LogP contribution < -0.4 is 20.0 Å². The summed E-state index contributed by atoms with van der Waals surface area (Å²) >= 11 is 7.19. The first-order valence-electron chi connectivity index (χ1n) is 14.7. The fourth-order valence-corrected chi connectivity index (χ4v) is 6.50. The van der Waals surface area contributed by atoms with Crippen LogP contribution in [0.5, 0.6) is 0 Å². The number of rotatable bonds is 5. The van der Waals surface area contributed by atoms with E-state index in [1.54, 1.807) is 0 Å². The SMILES string of the molecule is Clc1c(N2CC(c3ccc4ccccc4n3)C2)nc2c(N3CCOCC3)ncc(-c3ccc(N4CCNCC4)nc3)n12. The van der Waals surface area contributed by atoms with Gasteiger partial charge in [-0.15, -0.1) is 0 Å². The fraction of sp³-hybridized carbons (Fsp3) is 0.355. The average Bonchev–Trinajstić information content (AvgIpc) is 3.37. The van der Waals surface area contributed by atoms with Crippen molar-refractivity contribution in [3.05, 3.63) is 71.8 Å². The van der Waals surface area contributed by atoms with Gasteiger partial charge >= 0.3 is 0 Å². The van der Waals surface area contributed by atoms with Gasteiger partial charge in [0.15, 0.2) is 22.4 Å². The molecule has 0 amide bonds. The summed E-state index contributed by atoms with van der Waals surface area (Å²) in [6.07, 6.45) is 3.82. The summed E-state index contributed by atoms with van der Waals surface area (Å²) in [5.41, 5.74) is 4.72. The van der Waals surface area contributed by atoms with Gasteiger partial charge < -0.3 is 24.8 Å². The van der Waals surface area contributed by atoms with Crippen LogP contribution in [0.25, 0.3) is 27.8 Å². The van der Waals surface area contributed by atoms with Gasteiger partial charge in [-0.1, -0.05) is 35.9 Å². The van der Waals surface area contributed by atoms with E-state index in [-0.39, 0.29) is 0 Å². The number of benzene rings is 1. The largest absolute Gasteiger partial charge is 0.378 e. The zero-order valence-electron chi connectivity index (χ0n) is 23.3. The number of halogens is 1. The van der Waals surface area contributed by atoms with Crippen LogP contribution in [-0.4, -0.2) is 89.9 Å². The Hall–Kier alpha value is -3.99. The first-order chi connectivity index (χ1) is 20.7. The zero-order chi connectivity index (χ0) is 28.0. The molecule has 4 aromatic heterocycles. The van der Waals surface area contributed by atoms with Gasteiger partial charge in [0.1, 0.15) is 5.82 Å². The maximum atomic E-state index is 7.19. The van der Waals surface area contributed by atoms with Crippen molar-refractivity contribution >= 4 is 45.6 Å². The van der Waals surface area contributed by atoms with Crippen molar-refractivity contribution in [1.82, 2.24) is 29.7 Å². The summed E-state index contributed by atoms with van der Waals surface area (Å²) < 4.78 is 7.65. The summed E-state index contributed by atoms with van der Waals surface area (Å²) in [5.74, 6) is 2.92. The molecule has 1 aromatic carbocycles. The van der Waals surface area contributed by atoms with E-state index < -0.39 is 0 Å². The van der Waals surface area contributed by atoms with E-state index in [4.69, 9.17) is 36.3 Å². The number of morpholine rings is 1. The summed E-state index contributed by atoms with van der Waals surface area (Å²) in [6, 6.07) is 16.8. The van der Waals surface area contributed by atoms with E-state index in [0.29, 0.717) is 24.3 Å². The van der Waals surface area contributed by atoms with Crippen LogP contribution in [-0.2, 0) is 4.74 Å². The van der Waals surface area contributed by atoms with Gasteiger partial charge in [-0.3, -0.25) is 9.38 Å². The number of anilines is 3. The lowest BCUT2D eigenvalue weighted by Gasteiger charge is -2.39. The Bertz CT molecular complexity index is 1740. The molecule has 42 heavy (non-hydrogen) atoms.